The number of nitrogens with zero attached hydrogens (tertiary/aromatic N) is 3. The molecule has 0 spiro atoms. The number of benzene rings is 1. The van der Waals surface area contributed by atoms with Crippen molar-refractivity contribution >= 4 is 27.1 Å². The zero-order valence-corrected chi connectivity index (χ0v) is 20.6. The summed E-state index contributed by atoms with van der Waals surface area (Å²) in [6, 6.07) is 6.90. The molecule has 2 aromatic heterocycles. The van der Waals surface area contributed by atoms with Gasteiger partial charge in [-0.25, -0.2) is 22.0 Å². The fourth-order valence-electron chi connectivity index (χ4n) is 4.40. The van der Waals surface area contributed by atoms with E-state index in [2.05, 4.69) is 14.7 Å². The Kier molecular flexibility index (Phi) is 5.62. The van der Waals surface area contributed by atoms with Crippen LogP contribution in [0.2, 0.25) is 0 Å². The highest BCUT2D eigenvalue weighted by molar-refractivity contribution is 7.91. The first-order chi connectivity index (χ1) is 16.5. The topological polar surface area (TPSA) is 102 Å². The van der Waals surface area contributed by atoms with Crippen molar-refractivity contribution in [1.29, 1.82) is 0 Å². The Labute approximate surface area is 202 Å². The second-order valence-corrected chi connectivity index (χ2v) is 12.1. The molecule has 9 nitrogen and oxygen atoms in total. The lowest BCUT2D eigenvalue weighted by Gasteiger charge is -2.28. The molecule has 1 saturated heterocycles. The van der Waals surface area contributed by atoms with E-state index in [0.29, 0.717) is 24.5 Å². The molecule has 1 amide bonds. The van der Waals surface area contributed by atoms with Crippen LogP contribution in [0.1, 0.15) is 55.6 Å². The Morgan fingerprint density at radius 2 is 1.97 bits per heavy atom. The number of aromatic nitrogens is 2. The summed E-state index contributed by atoms with van der Waals surface area (Å²) >= 11 is 0. The van der Waals surface area contributed by atoms with Crippen LogP contribution in [0.3, 0.4) is 0 Å². The molecule has 2 aliphatic heterocycles. The van der Waals surface area contributed by atoms with Crippen LogP contribution < -0.4 is 19.1 Å². The maximum absolute atomic E-state index is 14.7. The predicted molar refractivity (Wildman–Crippen MR) is 128 cm³/mol. The van der Waals surface area contributed by atoms with Gasteiger partial charge in [0.2, 0.25) is 10.0 Å². The lowest BCUT2D eigenvalue weighted by atomic mass is 10.0. The van der Waals surface area contributed by atoms with E-state index in [1.807, 2.05) is 12.1 Å². The van der Waals surface area contributed by atoms with Crippen molar-refractivity contribution in [2.75, 3.05) is 24.7 Å². The van der Waals surface area contributed by atoms with Gasteiger partial charge in [0.15, 0.2) is 17.3 Å². The Morgan fingerprint density at radius 1 is 1.20 bits per heavy atom. The van der Waals surface area contributed by atoms with Gasteiger partial charge in [0.25, 0.3) is 5.91 Å². The van der Waals surface area contributed by atoms with Crippen molar-refractivity contribution in [2.24, 2.45) is 0 Å². The minimum absolute atomic E-state index is 0.0933. The number of carbonyl (C=O) groups is 1. The molecular weight excluding hydrogens is 475 g/mol. The van der Waals surface area contributed by atoms with E-state index in [4.69, 9.17) is 9.47 Å². The third-order valence-electron chi connectivity index (χ3n) is 6.37. The first-order valence-electron chi connectivity index (χ1n) is 11.4. The third-order valence-corrected chi connectivity index (χ3v) is 8.44. The van der Waals surface area contributed by atoms with Crippen molar-refractivity contribution in [3.63, 3.8) is 0 Å². The summed E-state index contributed by atoms with van der Waals surface area (Å²) < 4.78 is 53.2. The van der Waals surface area contributed by atoms with Crippen molar-refractivity contribution in [3.05, 3.63) is 53.6 Å². The minimum Gasteiger partial charge on any atom is -0.486 e. The molecular formula is C24H27FN4O5S. The summed E-state index contributed by atoms with van der Waals surface area (Å²) in [6.07, 6.45) is 4.80. The van der Waals surface area contributed by atoms with Crippen molar-refractivity contribution < 1.29 is 27.1 Å². The molecule has 1 fully saturated rings. The molecule has 11 heteroatoms. The second kappa shape index (κ2) is 8.40. The number of hydrogen-bond donors (Lipinski definition) is 1. The second-order valence-electron chi connectivity index (χ2n) is 9.70. The lowest BCUT2D eigenvalue weighted by molar-refractivity contribution is 0.0982. The number of halogens is 1. The van der Waals surface area contributed by atoms with Crippen LogP contribution in [-0.2, 0) is 10.0 Å². The van der Waals surface area contributed by atoms with Gasteiger partial charge >= 0.3 is 0 Å². The number of rotatable bonds is 4. The summed E-state index contributed by atoms with van der Waals surface area (Å²) in [5, 5.41) is 4.20. The number of hydrogen-bond acceptors (Lipinski definition) is 7. The third kappa shape index (κ3) is 4.18. The quantitative estimate of drug-likeness (QED) is 0.583. The van der Waals surface area contributed by atoms with Gasteiger partial charge in [0, 0.05) is 18.4 Å². The lowest BCUT2D eigenvalue weighted by Crippen LogP contribution is -2.42. The summed E-state index contributed by atoms with van der Waals surface area (Å²) in [6.45, 7) is 5.99. The standard InChI is InChI=1S/C24H27FN4O5S/c1-24(2,3)35(31,32)27-23(30)17-14-26-29-8-6-16(13-20(17)29)28-7-4-5-19(28)15-11-18(25)22-21(12-15)33-9-10-34-22/h6,8,11-14,19H,4-5,7,9-10H2,1-3H3,(H,27,30). The highest BCUT2D eigenvalue weighted by Crippen LogP contribution is 2.42. The minimum atomic E-state index is -3.88. The van der Waals surface area contributed by atoms with Gasteiger partial charge in [-0.2, -0.15) is 5.10 Å². The van der Waals surface area contributed by atoms with Gasteiger partial charge < -0.3 is 14.4 Å². The number of carbonyl (C=O) groups excluding carboxylic acids is 1. The Morgan fingerprint density at radius 3 is 2.74 bits per heavy atom. The predicted octanol–water partition coefficient (Wildman–Crippen LogP) is 3.44. The number of pyridine rings is 1. The molecule has 1 unspecified atom stereocenters. The van der Waals surface area contributed by atoms with Crippen LogP contribution >= 0.6 is 0 Å². The number of sulfonamides is 1. The molecule has 5 rings (SSSR count). The summed E-state index contributed by atoms with van der Waals surface area (Å²) in [4.78, 5) is 15.0. The van der Waals surface area contributed by atoms with Crippen LogP contribution in [0.25, 0.3) is 5.52 Å². The smallest absolute Gasteiger partial charge is 0.268 e. The number of fused-ring (bicyclic) bond motifs is 2. The van der Waals surface area contributed by atoms with Gasteiger partial charge in [-0.15, -0.1) is 0 Å². The van der Waals surface area contributed by atoms with Crippen LogP contribution in [0.5, 0.6) is 11.5 Å². The van der Waals surface area contributed by atoms with E-state index in [1.165, 1.54) is 37.5 Å². The highest BCUT2D eigenvalue weighted by atomic mass is 32.2. The Balaban J connectivity index is 1.47. The largest absolute Gasteiger partial charge is 0.486 e. The molecule has 3 aromatic rings. The van der Waals surface area contributed by atoms with Gasteiger partial charge in [-0.3, -0.25) is 4.79 Å². The van der Waals surface area contributed by atoms with Crippen LogP contribution in [0, 0.1) is 5.82 Å². The molecule has 35 heavy (non-hydrogen) atoms. The van der Waals surface area contributed by atoms with Crippen LogP contribution in [0.15, 0.2) is 36.7 Å². The molecule has 0 saturated carbocycles. The average Bonchev–Trinajstić information content (AvgIpc) is 3.45. The Hall–Kier alpha value is -3.34. The highest BCUT2D eigenvalue weighted by Gasteiger charge is 2.33. The number of nitrogens with one attached hydrogen (secondary N) is 1. The molecule has 2 aliphatic rings. The maximum atomic E-state index is 14.7. The van der Waals surface area contributed by atoms with Crippen molar-refractivity contribution in [3.8, 4) is 11.5 Å². The van der Waals surface area contributed by atoms with Gasteiger partial charge in [-0.05, 0) is 63.4 Å². The van der Waals surface area contributed by atoms with Gasteiger partial charge in [0.05, 0.1) is 28.1 Å². The molecule has 4 heterocycles. The average molecular weight is 503 g/mol. The molecule has 1 aromatic carbocycles. The van der Waals surface area contributed by atoms with E-state index in [0.717, 1.165) is 30.6 Å². The zero-order valence-electron chi connectivity index (χ0n) is 19.7. The van der Waals surface area contributed by atoms with E-state index >= 15 is 0 Å². The van der Waals surface area contributed by atoms with E-state index < -0.39 is 26.5 Å². The molecule has 1 atom stereocenters. The van der Waals surface area contributed by atoms with Crippen molar-refractivity contribution in [2.45, 2.75) is 44.4 Å². The molecule has 0 bridgehead atoms. The summed E-state index contributed by atoms with van der Waals surface area (Å²) in [5.74, 6) is -0.636. The van der Waals surface area contributed by atoms with E-state index in [9.17, 15) is 17.6 Å². The number of ether oxygens (including phenoxy) is 2. The monoisotopic (exact) mass is 502 g/mol. The fourth-order valence-corrected chi connectivity index (χ4v) is 5.06. The first kappa shape index (κ1) is 23.4. The number of amides is 1. The molecule has 0 aliphatic carbocycles. The molecule has 1 N–H and O–H groups in total. The first-order valence-corrected chi connectivity index (χ1v) is 12.9. The van der Waals surface area contributed by atoms with Crippen molar-refractivity contribution in [1.82, 2.24) is 14.3 Å². The fraction of sp³-hybridized carbons (Fsp3) is 0.417. The van der Waals surface area contributed by atoms with Crippen LogP contribution in [0.4, 0.5) is 10.1 Å². The van der Waals surface area contributed by atoms with E-state index in [1.54, 1.807) is 12.3 Å². The summed E-state index contributed by atoms with van der Waals surface area (Å²) in [7, 11) is -3.88. The SMILES string of the molecule is CC(C)(C)S(=O)(=O)NC(=O)c1cnn2ccc(N3CCCC3c3cc(F)c4c(c3)OCCO4)cc12. The van der Waals surface area contributed by atoms with E-state index in [-0.39, 0.29) is 17.4 Å². The Bertz CT molecular complexity index is 1410. The van der Waals surface area contributed by atoms with Crippen LogP contribution in [-0.4, -0.2) is 48.4 Å². The van der Waals surface area contributed by atoms with Gasteiger partial charge in [0.1, 0.15) is 13.2 Å². The maximum Gasteiger partial charge on any atom is 0.268 e. The molecule has 186 valence electrons. The zero-order chi connectivity index (χ0) is 25.0. The molecule has 0 radical (unpaired) electrons. The van der Waals surface area contributed by atoms with Gasteiger partial charge in [-0.1, -0.05) is 0 Å². The normalized spacial score (nSPS) is 18.2. The number of anilines is 1. The summed E-state index contributed by atoms with van der Waals surface area (Å²) in [5.41, 5.74) is 2.24.